The average molecular weight is 223 g/mol. The molecule has 0 saturated heterocycles. The van der Waals surface area contributed by atoms with Gasteiger partial charge in [-0.2, -0.15) is 0 Å². The predicted octanol–water partition coefficient (Wildman–Crippen LogP) is 2.18. The van der Waals surface area contributed by atoms with E-state index >= 15 is 0 Å². The summed E-state index contributed by atoms with van der Waals surface area (Å²) >= 11 is 0. The Bertz CT molecular complexity index is 337. The van der Waals surface area contributed by atoms with E-state index in [1.807, 2.05) is 6.07 Å². The first kappa shape index (κ1) is 13.0. The lowest BCUT2D eigenvalue weighted by Gasteiger charge is -2.13. The van der Waals surface area contributed by atoms with Crippen molar-refractivity contribution in [3.05, 3.63) is 28.8 Å². The molecule has 0 saturated carbocycles. The number of nitrogens with two attached hydrogens (primary N) is 1. The maximum absolute atomic E-state index is 5.56. The number of methoxy groups -OCH3 is 1. The predicted molar refractivity (Wildman–Crippen MR) is 65.8 cm³/mol. The molecule has 0 aliphatic carbocycles. The second-order valence-corrected chi connectivity index (χ2v) is 3.96. The Morgan fingerprint density at radius 3 is 2.62 bits per heavy atom. The van der Waals surface area contributed by atoms with Gasteiger partial charge in [-0.3, -0.25) is 0 Å². The molecule has 2 N–H and O–H groups in total. The average Bonchev–Trinajstić information content (AvgIpc) is 2.26. The molecule has 1 rings (SSSR count). The van der Waals surface area contributed by atoms with Crippen molar-refractivity contribution in [1.29, 1.82) is 0 Å². The van der Waals surface area contributed by atoms with E-state index in [4.69, 9.17) is 15.2 Å². The summed E-state index contributed by atoms with van der Waals surface area (Å²) in [5, 5.41) is 0. The van der Waals surface area contributed by atoms with E-state index in [0.717, 1.165) is 17.7 Å². The van der Waals surface area contributed by atoms with E-state index in [2.05, 4.69) is 19.9 Å². The Balaban J connectivity index is 2.70. The maximum atomic E-state index is 5.56. The third-order valence-electron chi connectivity index (χ3n) is 2.54. The van der Waals surface area contributed by atoms with Crippen molar-refractivity contribution >= 4 is 0 Å². The molecule has 0 aliphatic rings. The zero-order chi connectivity index (χ0) is 12.0. The molecular weight excluding hydrogens is 202 g/mol. The molecule has 1 aromatic carbocycles. The zero-order valence-corrected chi connectivity index (χ0v) is 10.4. The Hall–Kier alpha value is -1.06. The van der Waals surface area contributed by atoms with Gasteiger partial charge in [-0.1, -0.05) is 6.07 Å². The minimum Gasteiger partial charge on any atom is -0.496 e. The van der Waals surface area contributed by atoms with Crippen LogP contribution < -0.4 is 10.5 Å². The van der Waals surface area contributed by atoms with Crippen LogP contribution in [0.2, 0.25) is 0 Å². The lowest BCUT2D eigenvalue weighted by atomic mass is 10.1. The number of hydrogen-bond acceptors (Lipinski definition) is 3. The van der Waals surface area contributed by atoms with Crippen LogP contribution in [0.15, 0.2) is 12.1 Å². The largest absolute Gasteiger partial charge is 0.496 e. The molecule has 0 aliphatic heterocycles. The van der Waals surface area contributed by atoms with E-state index in [-0.39, 0.29) is 0 Å². The first-order valence-electron chi connectivity index (χ1n) is 5.61. The van der Waals surface area contributed by atoms with Gasteiger partial charge in [0, 0.05) is 12.2 Å². The second kappa shape index (κ2) is 6.51. The molecule has 3 nitrogen and oxygen atoms in total. The fraction of sp³-hybridized carbons (Fsp3) is 0.538. The van der Waals surface area contributed by atoms with E-state index < -0.39 is 0 Å². The molecule has 0 unspecified atom stereocenters. The van der Waals surface area contributed by atoms with E-state index in [0.29, 0.717) is 19.8 Å². The maximum Gasteiger partial charge on any atom is 0.124 e. The van der Waals surface area contributed by atoms with Crippen molar-refractivity contribution < 1.29 is 9.47 Å². The quantitative estimate of drug-likeness (QED) is 0.752. The van der Waals surface area contributed by atoms with Crippen LogP contribution in [0.25, 0.3) is 0 Å². The van der Waals surface area contributed by atoms with Gasteiger partial charge >= 0.3 is 0 Å². The summed E-state index contributed by atoms with van der Waals surface area (Å²) in [6.07, 6.45) is 0.896. The van der Waals surface area contributed by atoms with Crippen molar-refractivity contribution in [3.8, 4) is 5.75 Å². The molecule has 0 amide bonds. The molecule has 0 bridgehead atoms. The normalized spacial score (nSPS) is 10.5. The molecule has 0 atom stereocenters. The lowest BCUT2D eigenvalue weighted by Crippen LogP contribution is -2.05. The van der Waals surface area contributed by atoms with Gasteiger partial charge in [0.05, 0.1) is 13.7 Å². The Morgan fingerprint density at radius 1 is 1.25 bits per heavy atom. The van der Waals surface area contributed by atoms with Crippen LogP contribution in [0, 0.1) is 13.8 Å². The van der Waals surface area contributed by atoms with Crippen molar-refractivity contribution in [2.75, 3.05) is 20.3 Å². The highest BCUT2D eigenvalue weighted by Gasteiger charge is 2.07. The number of benzene rings is 1. The summed E-state index contributed by atoms with van der Waals surface area (Å²) in [6, 6.07) is 4.18. The summed E-state index contributed by atoms with van der Waals surface area (Å²) in [6.45, 7) is 6.11. The minimum atomic E-state index is 0.593. The summed E-state index contributed by atoms with van der Waals surface area (Å²) in [7, 11) is 1.69. The summed E-state index contributed by atoms with van der Waals surface area (Å²) in [5.41, 5.74) is 8.96. The van der Waals surface area contributed by atoms with Gasteiger partial charge in [0.2, 0.25) is 0 Å². The van der Waals surface area contributed by atoms with Crippen molar-refractivity contribution in [1.82, 2.24) is 0 Å². The number of hydrogen-bond donors (Lipinski definition) is 1. The Kier molecular flexibility index (Phi) is 5.29. The third kappa shape index (κ3) is 3.51. The molecule has 3 heteroatoms. The fourth-order valence-corrected chi connectivity index (χ4v) is 1.69. The van der Waals surface area contributed by atoms with Gasteiger partial charge in [-0.05, 0) is 44.0 Å². The van der Waals surface area contributed by atoms with E-state index in [1.165, 1.54) is 11.1 Å². The number of rotatable bonds is 6. The van der Waals surface area contributed by atoms with E-state index in [9.17, 15) is 0 Å². The molecule has 16 heavy (non-hydrogen) atoms. The fourth-order valence-electron chi connectivity index (χ4n) is 1.69. The van der Waals surface area contributed by atoms with Crippen LogP contribution in [0.5, 0.6) is 5.75 Å². The highest BCUT2D eigenvalue weighted by Crippen LogP contribution is 2.24. The van der Waals surface area contributed by atoms with Crippen LogP contribution in [0.1, 0.15) is 23.1 Å². The first-order valence-corrected chi connectivity index (χ1v) is 5.61. The topological polar surface area (TPSA) is 44.5 Å². The van der Waals surface area contributed by atoms with Gasteiger partial charge in [0.1, 0.15) is 5.75 Å². The summed E-state index contributed by atoms with van der Waals surface area (Å²) in [5.74, 6) is 0.908. The third-order valence-corrected chi connectivity index (χ3v) is 2.54. The van der Waals surface area contributed by atoms with Gasteiger partial charge in [-0.15, -0.1) is 0 Å². The van der Waals surface area contributed by atoms with Gasteiger partial charge < -0.3 is 15.2 Å². The highest BCUT2D eigenvalue weighted by molar-refractivity contribution is 5.42. The molecule has 0 radical (unpaired) electrons. The second-order valence-electron chi connectivity index (χ2n) is 3.96. The Morgan fingerprint density at radius 2 is 2.00 bits per heavy atom. The molecule has 1 aromatic rings. The lowest BCUT2D eigenvalue weighted by molar-refractivity contribution is 0.117. The SMILES string of the molecule is COc1cc(C)cc(C)c1COCCCN. The molecule has 0 spiro atoms. The Labute approximate surface area is 97.6 Å². The van der Waals surface area contributed by atoms with Crippen molar-refractivity contribution in [3.63, 3.8) is 0 Å². The molecule has 90 valence electrons. The van der Waals surface area contributed by atoms with Gasteiger partial charge in [0.25, 0.3) is 0 Å². The standard InChI is InChI=1S/C13H21NO2/c1-10-7-11(2)12(13(8-10)15-3)9-16-6-4-5-14/h7-8H,4-6,9,14H2,1-3H3. The smallest absolute Gasteiger partial charge is 0.124 e. The van der Waals surface area contributed by atoms with Crippen LogP contribution >= 0.6 is 0 Å². The minimum absolute atomic E-state index is 0.593. The van der Waals surface area contributed by atoms with Crippen LogP contribution in [-0.2, 0) is 11.3 Å². The number of aryl methyl sites for hydroxylation is 2. The molecule has 0 aromatic heterocycles. The first-order chi connectivity index (χ1) is 7.69. The molecule has 0 fully saturated rings. The van der Waals surface area contributed by atoms with Crippen LogP contribution in [-0.4, -0.2) is 20.3 Å². The van der Waals surface area contributed by atoms with Crippen LogP contribution in [0.3, 0.4) is 0 Å². The molecular formula is C13H21NO2. The summed E-state index contributed by atoms with van der Waals surface area (Å²) < 4.78 is 10.9. The zero-order valence-electron chi connectivity index (χ0n) is 10.4. The van der Waals surface area contributed by atoms with E-state index in [1.54, 1.807) is 7.11 Å². The van der Waals surface area contributed by atoms with Crippen LogP contribution in [0.4, 0.5) is 0 Å². The number of ether oxygens (including phenoxy) is 2. The van der Waals surface area contributed by atoms with Crippen molar-refractivity contribution in [2.24, 2.45) is 5.73 Å². The monoisotopic (exact) mass is 223 g/mol. The highest BCUT2D eigenvalue weighted by atomic mass is 16.5. The molecule has 0 heterocycles. The van der Waals surface area contributed by atoms with Gasteiger partial charge in [-0.25, -0.2) is 0 Å². The summed E-state index contributed by atoms with van der Waals surface area (Å²) in [4.78, 5) is 0. The van der Waals surface area contributed by atoms with Crippen molar-refractivity contribution in [2.45, 2.75) is 26.9 Å². The van der Waals surface area contributed by atoms with Gasteiger partial charge in [0.15, 0.2) is 0 Å².